The van der Waals surface area contributed by atoms with Crippen LogP contribution in [0.4, 0.5) is 4.39 Å². The summed E-state index contributed by atoms with van der Waals surface area (Å²) in [6, 6.07) is 15.6. The second-order valence-electron chi connectivity index (χ2n) is 6.22. The van der Waals surface area contributed by atoms with Gasteiger partial charge in [-0.25, -0.2) is 4.39 Å². The highest BCUT2D eigenvalue weighted by Crippen LogP contribution is 2.41. The Morgan fingerprint density at radius 3 is 2.75 bits per heavy atom. The maximum absolute atomic E-state index is 13.6. The lowest BCUT2D eigenvalue weighted by Gasteiger charge is -2.19. The topological polar surface area (TPSA) is 42.0 Å². The molecule has 0 bridgehead atoms. The van der Waals surface area contributed by atoms with Crippen LogP contribution in [0.2, 0.25) is 0 Å². The molecule has 3 aromatic rings. The summed E-state index contributed by atoms with van der Waals surface area (Å²) in [7, 11) is 0. The van der Waals surface area contributed by atoms with Gasteiger partial charge in [-0.15, -0.1) is 0 Å². The van der Waals surface area contributed by atoms with Crippen molar-refractivity contribution in [2.75, 3.05) is 0 Å². The van der Waals surface area contributed by atoms with Gasteiger partial charge in [-0.3, -0.25) is 9.78 Å². The average molecular weight is 320 g/mol. The minimum Gasteiger partial charge on any atom is -0.345 e. The number of hydrogen-bond donors (Lipinski definition) is 1. The number of para-hydroxylation sites is 1. The van der Waals surface area contributed by atoms with Crippen LogP contribution in [-0.4, -0.2) is 10.9 Å². The zero-order valence-electron chi connectivity index (χ0n) is 13.1. The van der Waals surface area contributed by atoms with E-state index in [0.29, 0.717) is 11.5 Å². The van der Waals surface area contributed by atoms with Gasteiger partial charge in [0.05, 0.1) is 17.1 Å². The van der Waals surface area contributed by atoms with Gasteiger partial charge in [-0.05, 0) is 48.6 Å². The van der Waals surface area contributed by atoms with Crippen molar-refractivity contribution in [1.29, 1.82) is 0 Å². The van der Waals surface area contributed by atoms with Crippen LogP contribution in [0.15, 0.2) is 60.8 Å². The van der Waals surface area contributed by atoms with Gasteiger partial charge in [0.2, 0.25) is 0 Å². The minimum atomic E-state index is -0.276. The van der Waals surface area contributed by atoms with Crippen LogP contribution in [0.25, 0.3) is 10.9 Å². The van der Waals surface area contributed by atoms with Crippen LogP contribution in [0.3, 0.4) is 0 Å². The maximum atomic E-state index is 13.6. The normalized spacial score (nSPS) is 15.2. The Labute approximate surface area is 139 Å². The fraction of sp³-hybridized carbons (Fsp3) is 0.200. The molecule has 1 aliphatic carbocycles. The number of nitrogens with one attached hydrogen (secondary N) is 1. The lowest BCUT2D eigenvalue weighted by molar-refractivity contribution is 0.0933. The van der Waals surface area contributed by atoms with Gasteiger partial charge in [0.1, 0.15) is 5.82 Å². The summed E-state index contributed by atoms with van der Waals surface area (Å²) in [5.41, 5.74) is 2.21. The Bertz CT molecular complexity index is 900. The van der Waals surface area contributed by atoms with Gasteiger partial charge in [0.15, 0.2) is 0 Å². The van der Waals surface area contributed by atoms with Gasteiger partial charge in [0, 0.05) is 11.6 Å². The van der Waals surface area contributed by atoms with Crippen LogP contribution in [-0.2, 0) is 0 Å². The second kappa shape index (κ2) is 6.04. The van der Waals surface area contributed by atoms with E-state index in [1.807, 2.05) is 30.3 Å². The molecule has 3 nitrogen and oxygen atoms in total. The van der Waals surface area contributed by atoms with E-state index in [0.717, 1.165) is 29.3 Å². The fourth-order valence-electron chi connectivity index (χ4n) is 3.12. The molecule has 1 amide bonds. The van der Waals surface area contributed by atoms with Crippen LogP contribution >= 0.6 is 0 Å². The summed E-state index contributed by atoms with van der Waals surface area (Å²) in [6.45, 7) is 0. The molecule has 1 atom stereocenters. The molecule has 0 radical (unpaired) electrons. The van der Waals surface area contributed by atoms with Gasteiger partial charge < -0.3 is 5.32 Å². The van der Waals surface area contributed by atoms with E-state index in [4.69, 9.17) is 0 Å². The van der Waals surface area contributed by atoms with Crippen LogP contribution in [0.1, 0.15) is 34.8 Å². The fourth-order valence-corrected chi connectivity index (χ4v) is 3.12. The molecule has 1 N–H and O–H groups in total. The van der Waals surface area contributed by atoms with Crippen molar-refractivity contribution in [3.8, 4) is 0 Å². The van der Waals surface area contributed by atoms with E-state index < -0.39 is 0 Å². The third-order valence-corrected chi connectivity index (χ3v) is 4.48. The number of amides is 1. The number of aromatic nitrogens is 1. The molecule has 4 heteroatoms. The van der Waals surface area contributed by atoms with Crippen LogP contribution < -0.4 is 5.32 Å². The molecule has 4 rings (SSSR count). The number of halogens is 1. The smallest absolute Gasteiger partial charge is 0.252 e. The number of rotatable bonds is 4. The van der Waals surface area contributed by atoms with Gasteiger partial charge in [-0.1, -0.05) is 30.3 Å². The van der Waals surface area contributed by atoms with E-state index in [1.165, 1.54) is 12.1 Å². The standard InChI is InChI=1S/C20H17FN2O/c21-15-5-3-4-14(12-15)19(13-8-9-13)23-20(24)17-10-11-22-18-7-2-1-6-16(17)18/h1-7,10-13,19H,8-9H2,(H,23,24)/t19-/m0/s1. The van der Waals surface area contributed by atoms with E-state index in [9.17, 15) is 9.18 Å². The quantitative estimate of drug-likeness (QED) is 0.780. The summed E-state index contributed by atoms with van der Waals surface area (Å²) in [4.78, 5) is 17.1. The molecular formula is C20H17FN2O. The van der Waals surface area contributed by atoms with E-state index >= 15 is 0 Å². The molecule has 0 saturated heterocycles. The van der Waals surface area contributed by atoms with E-state index in [2.05, 4.69) is 10.3 Å². The first-order chi connectivity index (χ1) is 11.7. The zero-order valence-corrected chi connectivity index (χ0v) is 13.1. The lowest BCUT2D eigenvalue weighted by atomic mass is 10.0. The first-order valence-electron chi connectivity index (χ1n) is 8.12. The Morgan fingerprint density at radius 2 is 1.96 bits per heavy atom. The first-order valence-corrected chi connectivity index (χ1v) is 8.12. The number of benzene rings is 2. The highest BCUT2D eigenvalue weighted by atomic mass is 19.1. The Morgan fingerprint density at radius 1 is 1.12 bits per heavy atom. The summed E-state index contributed by atoms with van der Waals surface area (Å²) in [6.07, 6.45) is 3.75. The summed E-state index contributed by atoms with van der Waals surface area (Å²) < 4.78 is 13.6. The molecule has 1 aromatic heterocycles. The molecule has 1 saturated carbocycles. The lowest BCUT2D eigenvalue weighted by Crippen LogP contribution is -2.30. The van der Waals surface area contributed by atoms with Gasteiger partial charge in [0.25, 0.3) is 5.91 Å². The van der Waals surface area contributed by atoms with Crippen molar-refractivity contribution in [2.45, 2.75) is 18.9 Å². The van der Waals surface area contributed by atoms with Crippen molar-refractivity contribution in [1.82, 2.24) is 10.3 Å². The molecule has 0 aliphatic heterocycles. The monoisotopic (exact) mass is 320 g/mol. The summed E-state index contributed by atoms with van der Waals surface area (Å²) >= 11 is 0. The SMILES string of the molecule is O=C(N[C@H](c1cccc(F)c1)C1CC1)c1ccnc2ccccc12. The van der Waals surface area contributed by atoms with E-state index in [1.54, 1.807) is 18.3 Å². The highest BCUT2D eigenvalue weighted by molar-refractivity contribution is 6.06. The number of hydrogen-bond acceptors (Lipinski definition) is 2. The molecule has 0 spiro atoms. The molecule has 1 aliphatic rings. The molecular weight excluding hydrogens is 303 g/mol. The summed E-state index contributed by atoms with van der Waals surface area (Å²) in [5, 5.41) is 3.92. The predicted molar refractivity (Wildman–Crippen MR) is 91.1 cm³/mol. The zero-order chi connectivity index (χ0) is 16.5. The Hall–Kier alpha value is -2.75. The van der Waals surface area contributed by atoms with Crippen LogP contribution in [0, 0.1) is 11.7 Å². The number of fused-ring (bicyclic) bond motifs is 1. The van der Waals surface area contributed by atoms with Crippen molar-refractivity contribution >= 4 is 16.8 Å². The summed E-state index contributed by atoms with van der Waals surface area (Å²) in [5.74, 6) is -0.0413. The third-order valence-electron chi connectivity index (χ3n) is 4.48. The number of carbonyl (C=O) groups excluding carboxylic acids is 1. The molecule has 1 fully saturated rings. The molecule has 1 heterocycles. The first kappa shape index (κ1) is 14.8. The number of carbonyl (C=O) groups is 1. The highest BCUT2D eigenvalue weighted by Gasteiger charge is 2.34. The van der Waals surface area contributed by atoms with Crippen molar-refractivity contribution in [3.05, 3.63) is 77.7 Å². The minimum absolute atomic E-state index is 0.144. The van der Waals surface area contributed by atoms with Gasteiger partial charge in [-0.2, -0.15) is 0 Å². The molecule has 24 heavy (non-hydrogen) atoms. The second-order valence-corrected chi connectivity index (χ2v) is 6.22. The average Bonchev–Trinajstić information content (AvgIpc) is 3.44. The van der Waals surface area contributed by atoms with E-state index in [-0.39, 0.29) is 17.8 Å². The number of pyridine rings is 1. The largest absolute Gasteiger partial charge is 0.345 e. The molecule has 0 unspecified atom stereocenters. The molecule has 2 aromatic carbocycles. The predicted octanol–water partition coefficient (Wildman–Crippen LogP) is 4.26. The van der Waals surface area contributed by atoms with Crippen molar-refractivity contribution in [3.63, 3.8) is 0 Å². The Kier molecular flexibility index (Phi) is 3.73. The van der Waals surface area contributed by atoms with Crippen molar-refractivity contribution < 1.29 is 9.18 Å². The number of nitrogens with zero attached hydrogens (tertiary/aromatic N) is 1. The molecule has 120 valence electrons. The van der Waals surface area contributed by atoms with Crippen molar-refractivity contribution in [2.24, 2.45) is 5.92 Å². The van der Waals surface area contributed by atoms with Crippen LogP contribution in [0.5, 0.6) is 0 Å². The third kappa shape index (κ3) is 2.87. The maximum Gasteiger partial charge on any atom is 0.252 e. The van der Waals surface area contributed by atoms with Gasteiger partial charge >= 0.3 is 0 Å². The Balaban J connectivity index is 1.66.